The average molecular weight is 400 g/mol. The van der Waals surface area contributed by atoms with Crippen molar-refractivity contribution >= 4 is 34.7 Å². The van der Waals surface area contributed by atoms with E-state index in [2.05, 4.69) is 35.2 Å². The van der Waals surface area contributed by atoms with E-state index < -0.39 is 0 Å². The number of carbonyl (C=O) groups excluding carboxylic acids is 2. The van der Waals surface area contributed by atoms with Crippen molar-refractivity contribution < 1.29 is 9.59 Å². The SMILES string of the molecule is Cc1cc(NC(=O)CCC(=O)c2ccc(Cl)cc2)ccc1N1CCN(C)CC1. The summed E-state index contributed by atoms with van der Waals surface area (Å²) in [5.41, 5.74) is 3.69. The van der Waals surface area contributed by atoms with Crippen LogP contribution in [0.3, 0.4) is 0 Å². The number of nitrogens with one attached hydrogen (secondary N) is 1. The maximum absolute atomic E-state index is 12.2. The van der Waals surface area contributed by atoms with Gasteiger partial charge in [-0.1, -0.05) is 11.6 Å². The molecule has 1 aliphatic rings. The number of nitrogens with zero attached hydrogens (tertiary/aromatic N) is 2. The van der Waals surface area contributed by atoms with Crippen molar-refractivity contribution in [1.29, 1.82) is 0 Å². The fourth-order valence-electron chi connectivity index (χ4n) is 3.37. The third-order valence-corrected chi connectivity index (χ3v) is 5.32. The summed E-state index contributed by atoms with van der Waals surface area (Å²) in [7, 11) is 2.14. The van der Waals surface area contributed by atoms with E-state index in [9.17, 15) is 9.59 Å². The first kappa shape index (κ1) is 20.4. The summed E-state index contributed by atoms with van der Waals surface area (Å²) in [5, 5.41) is 3.48. The number of Topliss-reactive ketones (excluding diaryl/α,β-unsaturated/α-hetero) is 1. The number of hydrogen-bond acceptors (Lipinski definition) is 4. The van der Waals surface area contributed by atoms with Gasteiger partial charge in [-0.05, 0) is 62.0 Å². The van der Waals surface area contributed by atoms with Crippen LogP contribution >= 0.6 is 11.6 Å². The van der Waals surface area contributed by atoms with Gasteiger partial charge in [-0.2, -0.15) is 0 Å². The summed E-state index contributed by atoms with van der Waals surface area (Å²) in [6.45, 7) is 6.19. The number of amides is 1. The molecule has 1 N–H and O–H groups in total. The van der Waals surface area contributed by atoms with Gasteiger partial charge in [0.1, 0.15) is 0 Å². The van der Waals surface area contributed by atoms with E-state index in [0.29, 0.717) is 10.6 Å². The Kier molecular flexibility index (Phi) is 6.70. The standard InChI is InChI=1S/C22H26ClN3O2/c1-16-15-19(7-8-20(16)26-13-11-25(2)12-14-26)24-22(28)10-9-21(27)17-3-5-18(23)6-4-17/h3-8,15H,9-14H2,1-2H3,(H,24,28). The van der Waals surface area contributed by atoms with E-state index in [-0.39, 0.29) is 24.5 Å². The zero-order valence-electron chi connectivity index (χ0n) is 16.4. The fourth-order valence-corrected chi connectivity index (χ4v) is 3.49. The number of benzene rings is 2. The molecule has 2 aromatic carbocycles. The molecule has 1 amide bonds. The van der Waals surface area contributed by atoms with Crippen LogP contribution in [0.2, 0.25) is 5.02 Å². The number of halogens is 1. The molecule has 1 heterocycles. The van der Waals surface area contributed by atoms with Crippen molar-refractivity contribution in [2.24, 2.45) is 0 Å². The van der Waals surface area contributed by atoms with Gasteiger partial charge in [-0.3, -0.25) is 9.59 Å². The molecule has 2 aromatic rings. The minimum Gasteiger partial charge on any atom is -0.369 e. The van der Waals surface area contributed by atoms with Gasteiger partial charge in [0.15, 0.2) is 5.78 Å². The third kappa shape index (κ3) is 5.33. The minimum atomic E-state index is -0.158. The van der Waals surface area contributed by atoms with Gasteiger partial charge >= 0.3 is 0 Å². The van der Waals surface area contributed by atoms with Gasteiger partial charge in [0.05, 0.1) is 0 Å². The lowest BCUT2D eigenvalue weighted by Crippen LogP contribution is -2.44. The van der Waals surface area contributed by atoms with Crippen molar-refractivity contribution in [2.75, 3.05) is 43.4 Å². The van der Waals surface area contributed by atoms with Gasteiger partial charge < -0.3 is 15.1 Å². The first-order valence-electron chi connectivity index (χ1n) is 9.55. The number of likely N-dealkylation sites (N-methyl/N-ethyl adjacent to an activating group) is 1. The predicted molar refractivity (Wildman–Crippen MR) is 115 cm³/mol. The van der Waals surface area contributed by atoms with E-state index in [0.717, 1.165) is 37.4 Å². The van der Waals surface area contributed by atoms with Crippen molar-refractivity contribution in [3.05, 3.63) is 58.6 Å². The number of ketones is 1. The van der Waals surface area contributed by atoms with E-state index >= 15 is 0 Å². The van der Waals surface area contributed by atoms with Crippen LogP contribution in [0.25, 0.3) is 0 Å². The Morgan fingerprint density at radius 1 is 1.00 bits per heavy atom. The summed E-state index contributed by atoms with van der Waals surface area (Å²) in [6.07, 6.45) is 0.326. The number of hydrogen-bond donors (Lipinski definition) is 1. The highest BCUT2D eigenvalue weighted by molar-refractivity contribution is 6.30. The Hall–Kier alpha value is -2.37. The molecule has 0 spiro atoms. The molecule has 0 bridgehead atoms. The lowest BCUT2D eigenvalue weighted by molar-refractivity contribution is -0.116. The molecule has 1 fully saturated rings. The Morgan fingerprint density at radius 3 is 2.32 bits per heavy atom. The van der Waals surface area contributed by atoms with Crippen LogP contribution in [0.15, 0.2) is 42.5 Å². The van der Waals surface area contributed by atoms with Crippen LogP contribution in [-0.4, -0.2) is 49.8 Å². The maximum atomic E-state index is 12.2. The molecule has 0 aromatic heterocycles. The molecule has 0 aliphatic carbocycles. The molecule has 0 atom stereocenters. The molecule has 3 rings (SSSR count). The summed E-state index contributed by atoms with van der Waals surface area (Å²) in [5.74, 6) is -0.220. The van der Waals surface area contributed by atoms with Gasteiger partial charge in [-0.25, -0.2) is 0 Å². The van der Waals surface area contributed by atoms with Crippen LogP contribution in [0.4, 0.5) is 11.4 Å². The molecule has 6 heteroatoms. The van der Waals surface area contributed by atoms with Gasteiger partial charge in [0.25, 0.3) is 0 Å². The fraction of sp³-hybridized carbons (Fsp3) is 0.364. The van der Waals surface area contributed by atoms with Crippen LogP contribution in [-0.2, 0) is 4.79 Å². The highest BCUT2D eigenvalue weighted by Gasteiger charge is 2.16. The maximum Gasteiger partial charge on any atom is 0.224 e. The summed E-state index contributed by atoms with van der Waals surface area (Å²) < 4.78 is 0. The number of piperazine rings is 1. The smallest absolute Gasteiger partial charge is 0.224 e. The highest BCUT2D eigenvalue weighted by Crippen LogP contribution is 2.25. The number of aryl methyl sites for hydroxylation is 1. The summed E-state index contributed by atoms with van der Waals surface area (Å²) >= 11 is 5.83. The monoisotopic (exact) mass is 399 g/mol. The second-order valence-corrected chi connectivity index (χ2v) is 7.71. The molecular formula is C22H26ClN3O2. The minimum absolute atomic E-state index is 0.0617. The number of carbonyl (C=O) groups is 2. The first-order valence-corrected chi connectivity index (χ1v) is 9.93. The molecule has 5 nitrogen and oxygen atoms in total. The van der Waals surface area contributed by atoms with Gasteiger partial charge in [0, 0.05) is 61.0 Å². The van der Waals surface area contributed by atoms with Crippen molar-refractivity contribution in [3.63, 3.8) is 0 Å². The lowest BCUT2D eigenvalue weighted by Gasteiger charge is -2.35. The number of rotatable bonds is 6. The normalized spacial score (nSPS) is 14.8. The lowest BCUT2D eigenvalue weighted by atomic mass is 10.1. The van der Waals surface area contributed by atoms with Crippen LogP contribution in [0, 0.1) is 6.92 Å². The summed E-state index contributed by atoms with van der Waals surface area (Å²) in [4.78, 5) is 29.1. The molecule has 1 saturated heterocycles. The average Bonchev–Trinajstić information content (AvgIpc) is 2.68. The largest absolute Gasteiger partial charge is 0.369 e. The van der Waals surface area contributed by atoms with Crippen LogP contribution in [0.1, 0.15) is 28.8 Å². The molecule has 0 radical (unpaired) electrons. The van der Waals surface area contributed by atoms with Crippen molar-refractivity contribution in [3.8, 4) is 0 Å². The molecule has 0 saturated carbocycles. The topological polar surface area (TPSA) is 52.7 Å². The van der Waals surface area contributed by atoms with E-state index in [4.69, 9.17) is 11.6 Å². The zero-order chi connectivity index (χ0) is 20.1. The van der Waals surface area contributed by atoms with Crippen LogP contribution in [0.5, 0.6) is 0 Å². The molecule has 0 unspecified atom stereocenters. The van der Waals surface area contributed by atoms with Gasteiger partial charge in [-0.15, -0.1) is 0 Å². The molecular weight excluding hydrogens is 374 g/mol. The van der Waals surface area contributed by atoms with E-state index in [1.54, 1.807) is 24.3 Å². The van der Waals surface area contributed by atoms with Crippen LogP contribution < -0.4 is 10.2 Å². The third-order valence-electron chi connectivity index (χ3n) is 5.07. The Balaban J connectivity index is 1.53. The second kappa shape index (κ2) is 9.22. The van der Waals surface area contributed by atoms with E-state index in [1.807, 2.05) is 12.1 Å². The summed E-state index contributed by atoms with van der Waals surface area (Å²) in [6, 6.07) is 12.7. The Morgan fingerprint density at radius 2 is 1.68 bits per heavy atom. The van der Waals surface area contributed by atoms with E-state index in [1.165, 1.54) is 5.69 Å². The Labute approximate surface area is 171 Å². The molecule has 148 valence electrons. The molecule has 28 heavy (non-hydrogen) atoms. The van der Waals surface area contributed by atoms with Crippen molar-refractivity contribution in [2.45, 2.75) is 19.8 Å². The quantitative estimate of drug-likeness (QED) is 0.746. The highest BCUT2D eigenvalue weighted by atomic mass is 35.5. The predicted octanol–water partition coefficient (Wildman–Crippen LogP) is 4.00. The Bertz CT molecular complexity index is 843. The second-order valence-electron chi connectivity index (χ2n) is 7.27. The number of anilines is 2. The first-order chi connectivity index (χ1) is 13.4. The zero-order valence-corrected chi connectivity index (χ0v) is 17.1. The van der Waals surface area contributed by atoms with Gasteiger partial charge in [0.2, 0.25) is 5.91 Å². The van der Waals surface area contributed by atoms with Crippen molar-refractivity contribution in [1.82, 2.24) is 4.90 Å². The molecule has 1 aliphatic heterocycles.